The van der Waals surface area contributed by atoms with E-state index in [1.54, 1.807) is 19.5 Å². The first-order chi connectivity index (χ1) is 14.2. The maximum absolute atomic E-state index is 5.98. The van der Waals surface area contributed by atoms with E-state index in [4.69, 9.17) is 14.2 Å². The number of hydrogen-bond acceptors (Lipinski definition) is 5. The van der Waals surface area contributed by atoms with Gasteiger partial charge in [0, 0.05) is 30.5 Å². The third-order valence-electron chi connectivity index (χ3n) is 4.63. The Balaban J connectivity index is 1.63. The van der Waals surface area contributed by atoms with Gasteiger partial charge in [0.15, 0.2) is 11.5 Å². The van der Waals surface area contributed by atoms with Gasteiger partial charge in [-0.3, -0.25) is 4.98 Å². The van der Waals surface area contributed by atoms with E-state index in [-0.39, 0.29) is 6.04 Å². The number of rotatable bonds is 10. The van der Waals surface area contributed by atoms with E-state index in [0.717, 1.165) is 28.4 Å². The van der Waals surface area contributed by atoms with Crippen molar-refractivity contribution >= 4 is 0 Å². The monoisotopic (exact) mass is 392 g/mol. The van der Waals surface area contributed by atoms with E-state index >= 15 is 0 Å². The summed E-state index contributed by atoms with van der Waals surface area (Å²) in [6.45, 7) is 5.97. The molecule has 1 N–H and O–H groups in total. The lowest BCUT2D eigenvalue weighted by Crippen LogP contribution is -2.18. The number of benzene rings is 2. The quantitative estimate of drug-likeness (QED) is 0.531. The number of pyridine rings is 1. The first kappa shape index (κ1) is 20.7. The molecule has 0 saturated heterocycles. The summed E-state index contributed by atoms with van der Waals surface area (Å²) in [4.78, 5) is 4.12. The maximum atomic E-state index is 5.98. The average Bonchev–Trinajstić information content (AvgIpc) is 2.77. The molecule has 3 aromatic rings. The molecule has 5 heteroatoms. The van der Waals surface area contributed by atoms with Gasteiger partial charge in [-0.25, -0.2) is 0 Å². The number of methoxy groups -OCH3 is 1. The van der Waals surface area contributed by atoms with Gasteiger partial charge < -0.3 is 19.5 Å². The number of nitrogens with zero attached hydrogens (tertiary/aromatic N) is 1. The van der Waals surface area contributed by atoms with Gasteiger partial charge in [-0.2, -0.15) is 0 Å². The molecule has 3 rings (SSSR count). The number of hydrogen-bond donors (Lipinski definition) is 1. The van der Waals surface area contributed by atoms with Crippen LogP contribution in [-0.4, -0.2) is 18.7 Å². The van der Waals surface area contributed by atoms with Gasteiger partial charge in [0.25, 0.3) is 0 Å². The molecule has 0 aliphatic heterocycles. The molecule has 2 aromatic carbocycles. The molecule has 152 valence electrons. The van der Waals surface area contributed by atoms with Crippen LogP contribution in [0.25, 0.3) is 0 Å². The van der Waals surface area contributed by atoms with Crippen molar-refractivity contribution < 1.29 is 14.2 Å². The molecule has 0 aliphatic carbocycles. The summed E-state index contributed by atoms with van der Waals surface area (Å²) in [5, 5.41) is 3.56. The molecule has 1 aromatic heterocycles. The van der Waals surface area contributed by atoms with Crippen molar-refractivity contribution in [2.45, 2.75) is 33.0 Å². The molecule has 0 saturated carbocycles. The molecule has 0 spiro atoms. The van der Waals surface area contributed by atoms with Gasteiger partial charge >= 0.3 is 0 Å². The standard InChI is InChI=1S/C24H28N2O3/c1-4-28-22-9-5-8-21(14-22)18(2)26-16-19-10-11-23(27-3)24(13-19)29-17-20-7-6-12-25-15-20/h5-15,18,26H,4,16-17H2,1-3H3. The Kier molecular flexibility index (Phi) is 7.47. The van der Waals surface area contributed by atoms with Crippen LogP contribution in [0, 0.1) is 0 Å². The van der Waals surface area contributed by atoms with E-state index < -0.39 is 0 Å². The lowest BCUT2D eigenvalue weighted by molar-refractivity contribution is 0.283. The van der Waals surface area contributed by atoms with Crippen molar-refractivity contribution in [3.8, 4) is 17.2 Å². The first-order valence-corrected chi connectivity index (χ1v) is 9.84. The van der Waals surface area contributed by atoms with Gasteiger partial charge in [0.1, 0.15) is 12.4 Å². The maximum Gasteiger partial charge on any atom is 0.161 e. The third kappa shape index (κ3) is 5.96. The normalized spacial score (nSPS) is 11.7. The van der Waals surface area contributed by atoms with Crippen LogP contribution in [0.3, 0.4) is 0 Å². The van der Waals surface area contributed by atoms with Gasteiger partial charge in [0.2, 0.25) is 0 Å². The van der Waals surface area contributed by atoms with Crippen molar-refractivity contribution in [1.82, 2.24) is 10.3 Å². The zero-order chi connectivity index (χ0) is 20.5. The van der Waals surface area contributed by atoms with E-state index in [0.29, 0.717) is 19.8 Å². The molecule has 0 fully saturated rings. The second-order valence-corrected chi connectivity index (χ2v) is 6.74. The summed E-state index contributed by atoms with van der Waals surface area (Å²) in [5.41, 5.74) is 3.33. The Hall–Kier alpha value is -3.05. The zero-order valence-electron chi connectivity index (χ0n) is 17.2. The molecule has 5 nitrogen and oxygen atoms in total. The second kappa shape index (κ2) is 10.5. The first-order valence-electron chi connectivity index (χ1n) is 9.84. The van der Waals surface area contributed by atoms with E-state index in [9.17, 15) is 0 Å². The highest BCUT2D eigenvalue weighted by Gasteiger charge is 2.09. The van der Waals surface area contributed by atoms with Crippen LogP contribution in [0.4, 0.5) is 0 Å². The van der Waals surface area contributed by atoms with Crippen molar-refractivity contribution in [3.05, 3.63) is 83.7 Å². The number of ether oxygens (including phenoxy) is 3. The summed E-state index contributed by atoms with van der Waals surface area (Å²) in [5.74, 6) is 2.34. The highest BCUT2D eigenvalue weighted by atomic mass is 16.5. The van der Waals surface area contributed by atoms with Gasteiger partial charge in [-0.15, -0.1) is 0 Å². The molecule has 0 radical (unpaired) electrons. The SMILES string of the molecule is CCOc1cccc(C(C)NCc2ccc(OC)c(OCc3cccnc3)c2)c1. The van der Waals surface area contributed by atoms with Crippen molar-refractivity contribution in [2.24, 2.45) is 0 Å². The van der Waals surface area contributed by atoms with Crippen molar-refractivity contribution in [1.29, 1.82) is 0 Å². The molecule has 0 amide bonds. The fourth-order valence-electron chi connectivity index (χ4n) is 3.02. The summed E-state index contributed by atoms with van der Waals surface area (Å²) in [7, 11) is 1.65. The molecular weight excluding hydrogens is 364 g/mol. The Morgan fingerprint density at radius 2 is 1.86 bits per heavy atom. The molecule has 1 atom stereocenters. The second-order valence-electron chi connectivity index (χ2n) is 6.74. The minimum atomic E-state index is 0.192. The number of nitrogens with one attached hydrogen (secondary N) is 1. The molecule has 0 aliphatic rings. The summed E-state index contributed by atoms with van der Waals surface area (Å²) < 4.78 is 17.0. The topological polar surface area (TPSA) is 52.6 Å². The molecule has 1 unspecified atom stereocenters. The Bertz CT molecular complexity index is 900. The lowest BCUT2D eigenvalue weighted by atomic mass is 10.1. The molecular formula is C24H28N2O3. The van der Waals surface area contributed by atoms with Crippen LogP contribution < -0.4 is 19.5 Å². The summed E-state index contributed by atoms with van der Waals surface area (Å²) in [6.07, 6.45) is 3.55. The fraction of sp³-hybridized carbons (Fsp3) is 0.292. The van der Waals surface area contributed by atoms with Crippen LogP contribution in [0.15, 0.2) is 67.0 Å². The summed E-state index contributed by atoms with van der Waals surface area (Å²) in [6, 6.07) is 18.3. The molecule has 0 bridgehead atoms. The van der Waals surface area contributed by atoms with E-state index in [2.05, 4.69) is 29.4 Å². The smallest absolute Gasteiger partial charge is 0.161 e. The zero-order valence-corrected chi connectivity index (χ0v) is 17.2. The highest BCUT2D eigenvalue weighted by molar-refractivity contribution is 5.43. The largest absolute Gasteiger partial charge is 0.494 e. The predicted octanol–water partition coefficient (Wildman–Crippen LogP) is 4.92. The van der Waals surface area contributed by atoms with Crippen LogP contribution in [0.5, 0.6) is 17.2 Å². The Morgan fingerprint density at radius 1 is 0.966 bits per heavy atom. The number of aromatic nitrogens is 1. The minimum Gasteiger partial charge on any atom is -0.494 e. The molecule has 29 heavy (non-hydrogen) atoms. The minimum absolute atomic E-state index is 0.192. The lowest BCUT2D eigenvalue weighted by Gasteiger charge is -2.17. The van der Waals surface area contributed by atoms with Gasteiger partial charge in [-0.05, 0) is 55.3 Å². The van der Waals surface area contributed by atoms with E-state index in [1.165, 1.54) is 5.56 Å². The Morgan fingerprint density at radius 3 is 2.62 bits per heavy atom. The highest BCUT2D eigenvalue weighted by Crippen LogP contribution is 2.29. The van der Waals surface area contributed by atoms with Gasteiger partial charge in [0.05, 0.1) is 13.7 Å². The third-order valence-corrected chi connectivity index (χ3v) is 4.63. The molecule has 1 heterocycles. The van der Waals surface area contributed by atoms with E-state index in [1.807, 2.05) is 49.4 Å². The van der Waals surface area contributed by atoms with Crippen molar-refractivity contribution in [3.63, 3.8) is 0 Å². The van der Waals surface area contributed by atoms with Crippen LogP contribution in [0.2, 0.25) is 0 Å². The van der Waals surface area contributed by atoms with Crippen LogP contribution in [0.1, 0.15) is 36.6 Å². The predicted molar refractivity (Wildman–Crippen MR) is 114 cm³/mol. The Labute approximate surface area is 172 Å². The van der Waals surface area contributed by atoms with Crippen LogP contribution in [-0.2, 0) is 13.2 Å². The fourth-order valence-corrected chi connectivity index (χ4v) is 3.02. The van der Waals surface area contributed by atoms with Crippen molar-refractivity contribution in [2.75, 3.05) is 13.7 Å². The van der Waals surface area contributed by atoms with Crippen LogP contribution >= 0.6 is 0 Å². The average molecular weight is 392 g/mol. The summed E-state index contributed by atoms with van der Waals surface area (Å²) >= 11 is 0. The van der Waals surface area contributed by atoms with Gasteiger partial charge in [-0.1, -0.05) is 24.3 Å².